The summed E-state index contributed by atoms with van der Waals surface area (Å²) in [5, 5.41) is 0. The van der Waals surface area contributed by atoms with Gasteiger partial charge in [0.15, 0.2) is 0 Å². The first-order chi connectivity index (χ1) is 6.47. The Balaban J connectivity index is 2.10. The maximum Gasteiger partial charge on any atom is 0.0363 e. The minimum Gasteiger partial charge on any atom is -0.326 e. The van der Waals surface area contributed by atoms with Gasteiger partial charge in [0.2, 0.25) is 0 Å². The highest BCUT2D eigenvalue weighted by Crippen LogP contribution is 2.09. The molecule has 1 aliphatic heterocycles. The lowest BCUT2D eigenvalue weighted by atomic mass is 10.00. The van der Waals surface area contributed by atoms with Crippen molar-refractivity contribution >= 4 is 10.8 Å². The van der Waals surface area contributed by atoms with Gasteiger partial charge in [-0.05, 0) is 33.2 Å². The molecule has 0 amide bonds. The molecule has 1 heterocycles. The molecule has 1 saturated heterocycles. The van der Waals surface area contributed by atoms with Crippen LogP contribution in [0.5, 0.6) is 0 Å². The Bertz CT molecular complexity index is 191. The van der Waals surface area contributed by atoms with Crippen molar-refractivity contribution in [2.45, 2.75) is 32.2 Å². The fraction of sp³-hybridized carbons (Fsp3) is 1.00. The second kappa shape index (κ2) is 5.24. The summed E-state index contributed by atoms with van der Waals surface area (Å²) in [6.45, 7) is 7.24. The van der Waals surface area contributed by atoms with Gasteiger partial charge in [0.1, 0.15) is 0 Å². The van der Waals surface area contributed by atoms with E-state index in [0.29, 0.717) is 0 Å². The summed E-state index contributed by atoms with van der Waals surface area (Å²) in [5.41, 5.74) is 5.86. The monoisotopic (exact) mass is 218 g/mol. The summed E-state index contributed by atoms with van der Waals surface area (Å²) >= 11 is 0. The summed E-state index contributed by atoms with van der Waals surface area (Å²) < 4.78 is 11.1. The number of hydrogen-bond donors (Lipinski definition) is 1. The zero-order valence-corrected chi connectivity index (χ0v) is 10.1. The quantitative estimate of drug-likeness (QED) is 0.750. The molecule has 0 saturated carbocycles. The molecule has 0 spiro atoms. The second-order valence-corrected chi connectivity index (χ2v) is 6.48. The van der Waals surface area contributed by atoms with Crippen LogP contribution in [0.1, 0.15) is 26.7 Å². The molecule has 0 atom stereocenters. The molecule has 0 bridgehead atoms. The van der Waals surface area contributed by atoms with Crippen molar-refractivity contribution in [3.8, 4) is 0 Å². The third kappa shape index (κ3) is 5.08. The van der Waals surface area contributed by atoms with Crippen LogP contribution < -0.4 is 5.73 Å². The Labute approximate surface area is 89.5 Å². The summed E-state index contributed by atoms with van der Waals surface area (Å²) in [7, 11) is -0.550. The van der Waals surface area contributed by atoms with E-state index in [1.54, 1.807) is 0 Å². The summed E-state index contributed by atoms with van der Waals surface area (Å²) in [5.74, 6) is 1.71. The smallest absolute Gasteiger partial charge is 0.0363 e. The molecular formula is C10H22N2OS. The average molecular weight is 218 g/mol. The first-order valence-corrected chi connectivity index (χ1v) is 6.82. The first-order valence-electron chi connectivity index (χ1n) is 5.33. The molecule has 1 fully saturated rings. The molecule has 84 valence electrons. The van der Waals surface area contributed by atoms with Crippen LogP contribution in [0.4, 0.5) is 0 Å². The van der Waals surface area contributed by atoms with E-state index in [9.17, 15) is 4.21 Å². The minimum absolute atomic E-state index is 0.0430. The van der Waals surface area contributed by atoms with E-state index in [1.807, 2.05) is 0 Å². The van der Waals surface area contributed by atoms with Gasteiger partial charge in [-0.2, -0.15) is 0 Å². The van der Waals surface area contributed by atoms with Gasteiger partial charge in [0.05, 0.1) is 0 Å². The number of rotatable bonds is 4. The Hall–Kier alpha value is 0.0700. The van der Waals surface area contributed by atoms with Gasteiger partial charge in [-0.25, -0.2) is 0 Å². The maximum absolute atomic E-state index is 11.1. The van der Waals surface area contributed by atoms with Crippen LogP contribution in [0.15, 0.2) is 0 Å². The third-order valence-electron chi connectivity index (χ3n) is 2.57. The Kier molecular flexibility index (Phi) is 4.54. The highest BCUT2D eigenvalue weighted by Gasteiger charge is 2.16. The van der Waals surface area contributed by atoms with Crippen LogP contribution in [0.3, 0.4) is 0 Å². The van der Waals surface area contributed by atoms with Gasteiger partial charge in [0.25, 0.3) is 0 Å². The van der Waals surface area contributed by atoms with Gasteiger partial charge < -0.3 is 10.6 Å². The van der Waals surface area contributed by atoms with Crippen molar-refractivity contribution in [1.82, 2.24) is 4.90 Å². The molecule has 1 rings (SSSR count). The molecular weight excluding hydrogens is 196 g/mol. The zero-order chi connectivity index (χ0) is 10.6. The topological polar surface area (TPSA) is 46.3 Å². The Morgan fingerprint density at radius 2 is 1.93 bits per heavy atom. The van der Waals surface area contributed by atoms with Crippen molar-refractivity contribution in [3.05, 3.63) is 0 Å². The molecule has 4 heteroatoms. The van der Waals surface area contributed by atoms with Gasteiger partial charge >= 0.3 is 0 Å². The van der Waals surface area contributed by atoms with E-state index < -0.39 is 10.8 Å². The molecule has 0 aromatic carbocycles. The molecule has 3 nitrogen and oxygen atoms in total. The number of hydrogen-bond acceptors (Lipinski definition) is 3. The molecule has 14 heavy (non-hydrogen) atoms. The van der Waals surface area contributed by atoms with Crippen LogP contribution in [-0.2, 0) is 10.8 Å². The largest absolute Gasteiger partial charge is 0.326 e. The van der Waals surface area contributed by atoms with E-state index in [2.05, 4.69) is 18.7 Å². The highest BCUT2D eigenvalue weighted by atomic mass is 32.2. The fourth-order valence-corrected chi connectivity index (χ4v) is 2.79. The highest BCUT2D eigenvalue weighted by molar-refractivity contribution is 7.85. The summed E-state index contributed by atoms with van der Waals surface area (Å²) in [4.78, 5) is 2.40. The molecule has 0 aliphatic carbocycles. The lowest BCUT2D eigenvalue weighted by molar-refractivity contribution is 0.281. The Morgan fingerprint density at radius 3 is 2.43 bits per heavy atom. The average Bonchev–Trinajstić information content (AvgIpc) is 2.06. The second-order valence-electron chi connectivity index (χ2n) is 4.78. The third-order valence-corrected chi connectivity index (χ3v) is 3.84. The molecule has 0 aromatic rings. The van der Waals surface area contributed by atoms with E-state index >= 15 is 0 Å². The van der Waals surface area contributed by atoms with Gasteiger partial charge in [-0.1, -0.05) is 0 Å². The van der Waals surface area contributed by atoms with E-state index in [0.717, 1.165) is 44.0 Å². The van der Waals surface area contributed by atoms with Gasteiger partial charge in [-0.15, -0.1) is 0 Å². The first kappa shape index (κ1) is 12.1. The van der Waals surface area contributed by atoms with E-state index in [4.69, 9.17) is 5.73 Å². The maximum atomic E-state index is 11.1. The fourth-order valence-electron chi connectivity index (χ4n) is 1.66. The van der Waals surface area contributed by atoms with Crippen LogP contribution >= 0.6 is 0 Å². The normalized spacial score (nSPS) is 21.4. The predicted molar refractivity (Wildman–Crippen MR) is 61.8 cm³/mol. The SMILES string of the molecule is CC(C)(N)CCCN1CCS(=O)CC1. The van der Waals surface area contributed by atoms with Crippen molar-refractivity contribution in [1.29, 1.82) is 0 Å². The number of nitrogens with zero attached hydrogens (tertiary/aromatic N) is 1. The van der Waals surface area contributed by atoms with Crippen molar-refractivity contribution < 1.29 is 4.21 Å². The summed E-state index contributed by atoms with van der Waals surface area (Å²) in [6.07, 6.45) is 2.21. The van der Waals surface area contributed by atoms with Gasteiger partial charge in [-0.3, -0.25) is 4.21 Å². The van der Waals surface area contributed by atoms with Crippen LogP contribution in [0.25, 0.3) is 0 Å². The lowest BCUT2D eigenvalue weighted by Gasteiger charge is -2.27. The lowest BCUT2D eigenvalue weighted by Crippen LogP contribution is -2.39. The van der Waals surface area contributed by atoms with Crippen molar-refractivity contribution in [3.63, 3.8) is 0 Å². The molecule has 1 aliphatic rings. The van der Waals surface area contributed by atoms with Crippen molar-refractivity contribution in [2.75, 3.05) is 31.1 Å². The minimum atomic E-state index is -0.550. The Morgan fingerprint density at radius 1 is 1.36 bits per heavy atom. The zero-order valence-electron chi connectivity index (χ0n) is 9.29. The van der Waals surface area contributed by atoms with Crippen LogP contribution in [0.2, 0.25) is 0 Å². The molecule has 0 aromatic heterocycles. The van der Waals surface area contributed by atoms with Gasteiger partial charge in [0, 0.05) is 40.9 Å². The standard InChI is InChI=1S/C10H22N2OS/c1-10(2,11)4-3-5-12-6-8-14(13)9-7-12/h3-9,11H2,1-2H3. The van der Waals surface area contributed by atoms with Crippen LogP contribution in [-0.4, -0.2) is 45.8 Å². The van der Waals surface area contributed by atoms with Crippen LogP contribution in [0, 0.1) is 0 Å². The molecule has 0 radical (unpaired) electrons. The number of nitrogens with two attached hydrogens (primary N) is 1. The molecule has 2 N–H and O–H groups in total. The van der Waals surface area contributed by atoms with E-state index in [-0.39, 0.29) is 5.54 Å². The van der Waals surface area contributed by atoms with E-state index in [1.165, 1.54) is 0 Å². The predicted octanol–water partition coefficient (Wildman–Crippen LogP) is 0.568. The van der Waals surface area contributed by atoms with Crippen molar-refractivity contribution in [2.24, 2.45) is 5.73 Å². The summed E-state index contributed by atoms with van der Waals surface area (Å²) in [6, 6.07) is 0. The molecule has 0 unspecified atom stereocenters.